The molecule has 0 saturated carbocycles. The third-order valence-corrected chi connectivity index (χ3v) is 4.85. The molecule has 0 unspecified atom stereocenters. The quantitative estimate of drug-likeness (QED) is 0.724. The number of hydrogen-bond acceptors (Lipinski definition) is 4. The van der Waals surface area contributed by atoms with Crippen molar-refractivity contribution in [2.45, 2.75) is 32.7 Å². The first-order valence-electron chi connectivity index (χ1n) is 8.33. The SMILES string of the molecule is CC(C)c1ccc(-c2nc(CC(=O)NCc3ccccn3)cs2)cc1. The maximum Gasteiger partial charge on any atom is 0.226 e. The van der Waals surface area contributed by atoms with Gasteiger partial charge in [0.15, 0.2) is 0 Å². The number of amides is 1. The Balaban J connectivity index is 1.58. The number of thiazole rings is 1. The van der Waals surface area contributed by atoms with E-state index in [0.29, 0.717) is 12.5 Å². The van der Waals surface area contributed by atoms with Crippen LogP contribution in [0.25, 0.3) is 10.6 Å². The number of benzene rings is 1. The van der Waals surface area contributed by atoms with E-state index >= 15 is 0 Å². The smallest absolute Gasteiger partial charge is 0.226 e. The van der Waals surface area contributed by atoms with Crippen molar-refractivity contribution in [3.05, 3.63) is 71.0 Å². The molecule has 0 aliphatic heterocycles. The highest BCUT2D eigenvalue weighted by atomic mass is 32.1. The summed E-state index contributed by atoms with van der Waals surface area (Å²) in [5.74, 6) is 0.473. The molecule has 0 atom stereocenters. The minimum absolute atomic E-state index is 0.0438. The predicted molar refractivity (Wildman–Crippen MR) is 101 cm³/mol. The second kappa shape index (κ2) is 8.03. The maximum absolute atomic E-state index is 12.1. The topological polar surface area (TPSA) is 54.9 Å². The Hall–Kier alpha value is -2.53. The maximum atomic E-state index is 12.1. The van der Waals surface area contributed by atoms with Gasteiger partial charge in [0.05, 0.1) is 24.4 Å². The zero-order valence-corrected chi connectivity index (χ0v) is 15.2. The van der Waals surface area contributed by atoms with Gasteiger partial charge in [-0.25, -0.2) is 4.98 Å². The molecule has 3 rings (SSSR count). The standard InChI is InChI=1S/C20H21N3OS/c1-14(2)15-6-8-16(9-7-15)20-23-18(13-25-20)11-19(24)22-12-17-5-3-4-10-21-17/h3-10,13-14H,11-12H2,1-2H3,(H,22,24). The van der Waals surface area contributed by atoms with Gasteiger partial charge >= 0.3 is 0 Å². The van der Waals surface area contributed by atoms with Gasteiger partial charge in [0.1, 0.15) is 5.01 Å². The molecule has 0 radical (unpaired) electrons. The van der Waals surface area contributed by atoms with Crippen molar-refractivity contribution in [2.75, 3.05) is 0 Å². The number of pyridine rings is 1. The Kier molecular flexibility index (Phi) is 5.56. The van der Waals surface area contributed by atoms with Crippen LogP contribution in [0.15, 0.2) is 54.0 Å². The lowest BCUT2D eigenvalue weighted by Crippen LogP contribution is -2.25. The van der Waals surface area contributed by atoms with Gasteiger partial charge in [-0.2, -0.15) is 0 Å². The number of aromatic nitrogens is 2. The fourth-order valence-corrected chi connectivity index (χ4v) is 3.28. The number of nitrogens with zero attached hydrogens (tertiary/aromatic N) is 2. The fourth-order valence-electron chi connectivity index (χ4n) is 2.45. The summed E-state index contributed by atoms with van der Waals surface area (Å²) in [5, 5.41) is 5.78. The normalized spacial score (nSPS) is 10.8. The van der Waals surface area contributed by atoms with Crippen LogP contribution in [0, 0.1) is 0 Å². The fraction of sp³-hybridized carbons (Fsp3) is 0.250. The van der Waals surface area contributed by atoms with E-state index < -0.39 is 0 Å². The number of carbonyl (C=O) groups excluding carboxylic acids is 1. The van der Waals surface area contributed by atoms with Gasteiger partial charge in [-0.1, -0.05) is 44.2 Å². The second-order valence-corrected chi connectivity index (χ2v) is 7.05. The molecule has 1 aromatic carbocycles. The van der Waals surface area contributed by atoms with Crippen molar-refractivity contribution in [1.29, 1.82) is 0 Å². The average molecular weight is 351 g/mol. The summed E-state index contributed by atoms with van der Waals surface area (Å²) in [6.45, 7) is 4.80. The van der Waals surface area contributed by atoms with E-state index in [1.54, 1.807) is 17.5 Å². The number of hydrogen-bond donors (Lipinski definition) is 1. The molecule has 0 fully saturated rings. The molecule has 128 valence electrons. The van der Waals surface area contributed by atoms with Gasteiger partial charge in [0, 0.05) is 17.1 Å². The van der Waals surface area contributed by atoms with Crippen LogP contribution in [-0.4, -0.2) is 15.9 Å². The summed E-state index contributed by atoms with van der Waals surface area (Å²) < 4.78 is 0. The van der Waals surface area contributed by atoms with E-state index in [2.05, 4.69) is 53.4 Å². The molecule has 2 aromatic heterocycles. The van der Waals surface area contributed by atoms with Crippen molar-refractivity contribution in [3.8, 4) is 10.6 Å². The Bertz CT molecular complexity index is 826. The summed E-state index contributed by atoms with van der Waals surface area (Å²) in [5.41, 5.74) is 4.05. The van der Waals surface area contributed by atoms with Crippen LogP contribution < -0.4 is 5.32 Å². The summed E-state index contributed by atoms with van der Waals surface area (Å²) in [4.78, 5) is 20.9. The van der Waals surface area contributed by atoms with E-state index in [0.717, 1.165) is 22.0 Å². The first-order valence-corrected chi connectivity index (χ1v) is 9.21. The molecule has 3 aromatic rings. The Labute approximate surface area is 152 Å². The monoisotopic (exact) mass is 351 g/mol. The Morgan fingerprint density at radius 1 is 1.12 bits per heavy atom. The Morgan fingerprint density at radius 2 is 1.92 bits per heavy atom. The Morgan fingerprint density at radius 3 is 2.60 bits per heavy atom. The van der Waals surface area contributed by atoms with E-state index in [9.17, 15) is 4.79 Å². The van der Waals surface area contributed by atoms with Crippen molar-refractivity contribution in [3.63, 3.8) is 0 Å². The molecule has 0 spiro atoms. The lowest BCUT2D eigenvalue weighted by atomic mass is 10.0. The molecule has 0 saturated heterocycles. The molecule has 4 nitrogen and oxygen atoms in total. The summed E-state index contributed by atoms with van der Waals surface area (Å²) in [6, 6.07) is 14.1. The third-order valence-electron chi connectivity index (χ3n) is 3.91. The highest BCUT2D eigenvalue weighted by Crippen LogP contribution is 2.25. The first kappa shape index (κ1) is 17.3. The van der Waals surface area contributed by atoms with Crippen molar-refractivity contribution in [1.82, 2.24) is 15.3 Å². The van der Waals surface area contributed by atoms with Gasteiger partial charge in [0.25, 0.3) is 0 Å². The van der Waals surface area contributed by atoms with Crippen molar-refractivity contribution >= 4 is 17.2 Å². The summed E-state index contributed by atoms with van der Waals surface area (Å²) in [6.07, 6.45) is 2.01. The molecule has 2 heterocycles. The van der Waals surface area contributed by atoms with Crippen LogP contribution in [0.1, 0.15) is 36.7 Å². The van der Waals surface area contributed by atoms with E-state index in [1.165, 1.54) is 5.56 Å². The van der Waals surface area contributed by atoms with E-state index in [-0.39, 0.29) is 12.3 Å². The van der Waals surface area contributed by atoms with E-state index in [4.69, 9.17) is 0 Å². The van der Waals surface area contributed by atoms with Crippen LogP contribution in [0.2, 0.25) is 0 Å². The lowest BCUT2D eigenvalue weighted by molar-refractivity contribution is -0.120. The summed E-state index contributed by atoms with van der Waals surface area (Å²) in [7, 11) is 0. The minimum atomic E-state index is -0.0438. The lowest BCUT2D eigenvalue weighted by Gasteiger charge is -2.05. The van der Waals surface area contributed by atoms with Crippen LogP contribution >= 0.6 is 11.3 Å². The highest BCUT2D eigenvalue weighted by Gasteiger charge is 2.09. The molecule has 0 aliphatic rings. The average Bonchev–Trinajstić information content (AvgIpc) is 3.09. The van der Waals surface area contributed by atoms with E-state index in [1.807, 2.05) is 23.6 Å². The number of nitrogens with one attached hydrogen (secondary N) is 1. The van der Waals surface area contributed by atoms with Crippen LogP contribution in [-0.2, 0) is 17.8 Å². The van der Waals surface area contributed by atoms with Crippen LogP contribution in [0.4, 0.5) is 0 Å². The van der Waals surface area contributed by atoms with Crippen LogP contribution in [0.5, 0.6) is 0 Å². The van der Waals surface area contributed by atoms with Gasteiger partial charge in [-0.15, -0.1) is 11.3 Å². The third kappa shape index (κ3) is 4.73. The van der Waals surface area contributed by atoms with Gasteiger partial charge in [0.2, 0.25) is 5.91 Å². The van der Waals surface area contributed by atoms with Gasteiger partial charge in [-0.05, 0) is 23.6 Å². The number of carbonyl (C=O) groups is 1. The van der Waals surface area contributed by atoms with Gasteiger partial charge in [-0.3, -0.25) is 9.78 Å². The molecule has 0 aliphatic carbocycles. The molecule has 0 bridgehead atoms. The predicted octanol–water partition coefficient (Wildman–Crippen LogP) is 4.19. The second-order valence-electron chi connectivity index (χ2n) is 6.20. The van der Waals surface area contributed by atoms with Crippen molar-refractivity contribution in [2.24, 2.45) is 0 Å². The van der Waals surface area contributed by atoms with Gasteiger partial charge < -0.3 is 5.32 Å². The first-order chi connectivity index (χ1) is 12.1. The zero-order chi connectivity index (χ0) is 17.6. The van der Waals surface area contributed by atoms with Crippen molar-refractivity contribution < 1.29 is 4.79 Å². The molecule has 5 heteroatoms. The zero-order valence-electron chi connectivity index (χ0n) is 14.4. The number of rotatable bonds is 6. The molecule has 25 heavy (non-hydrogen) atoms. The highest BCUT2D eigenvalue weighted by molar-refractivity contribution is 7.13. The molecule has 1 N–H and O–H groups in total. The molecular weight excluding hydrogens is 330 g/mol. The molecule has 1 amide bonds. The largest absolute Gasteiger partial charge is 0.350 e. The summed E-state index contributed by atoms with van der Waals surface area (Å²) >= 11 is 1.57. The minimum Gasteiger partial charge on any atom is -0.350 e. The van der Waals surface area contributed by atoms with Crippen LogP contribution in [0.3, 0.4) is 0 Å². The molecular formula is C20H21N3OS.